The number of rotatable bonds is 5. The lowest BCUT2D eigenvalue weighted by Gasteiger charge is -2.26. The second kappa shape index (κ2) is 7.45. The summed E-state index contributed by atoms with van der Waals surface area (Å²) in [5.41, 5.74) is 3.16. The molecule has 0 saturated heterocycles. The third-order valence-corrected chi connectivity index (χ3v) is 3.82. The smallest absolute Gasteiger partial charge is 0.237 e. The quantitative estimate of drug-likeness (QED) is 0.817. The van der Waals surface area contributed by atoms with E-state index in [-0.39, 0.29) is 6.10 Å². The highest BCUT2D eigenvalue weighted by atomic mass is 16.5. The molecule has 1 aliphatic heterocycles. The molecule has 0 fully saturated rings. The van der Waals surface area contributed by atoms with Gasteiger partial charge in [-0.1, -0.05) is 12.1 Å². The lowest BCUT2D eigenvalue weighted by atomic mass is 10.1. The molecule has 24 heavy (non-hydrogen) atoms. The van der Waals surface area contributed by atoms with Crippen LogP contribution in [0.5, 0.6) is 5.88 Å². The van der Waals surface area contributed by atoms with Crippen molar-refractivity contribution < 1.29 is 4.74 Å². The SMILES string of the molecule is N#Cc1ccc(CCNCC2CNc3cc(C#N)cnc3O2)cc1. The van der Waals surface area contributed by atoms with Crippen LogP contribution in [0.2, 0.25) is 0 Å². The zero-order valence-electron chi connectivity index (χ0n) is 13.1. The molecule has 0 spiro atoms. The van der Waals surface area contributed by atoms with Gasteiger partial charge >= 0.3 is 0 Å². The molecule has 1 atom stereocenters. The zero-order valence-corrected chi connectivity index (χ0v) is 13.1. The first-order valence-corrected chi connectivity index (χ1v) is 7.79. The van der Waals surface area contributed by atoms with Crippen molar-refractivity contribution in [1.29, 1.82) is 10.5 Å². The van der Waals surface area contributed by atoms with Crippen molar-refractivity contribution in [3.05, 3.63) is 53.2 Å². The van der Waals surface area contributed by atoms with Crippen molar-refractivity contribution in [1.82, 2.24) is 10.3 Å². The second-order valence-corrected chi connectivity index (χ2v) is 5.57. The molecule has 1 unspecified atom stereocenters. The maximum Gasteiger partial charge on any atom is 0.237 e. The zero-order chi connectivity index (χ0) is 16.8. The van der Waals surface area contributed by atoms with Crippen LogP contribution in [0.1, 0.15) is 16.7 Å². The first-order chi connectivity index (χ1) is 11.8. The Morgan fingerprint density at radius 2 is 2.00 bits per heavy atom. The van der Waals surface area contributed by atoms with Crippen LogP contribution in [0.4, 0.5) is 5.69 Å². The molecule has 120 valence electrons. The number of nitrogens with zero attached hydrogens (tertiary/aromatic N) is 3. The van der Waals surface area contributed by atoms with Crippen molar-refractivity contribution in [3.8, 4) is 18.0 Å². The molecule has 1 aliphatic rings. The van der Waals surface area contributed by atoms with Crippen molar-refractivity contribution in [2.45, 2.75) is 12.5 Å². The predicted octanol–water partition coefficient (Wildman–Crippen LogP) is 1.83. The fourth-order valence-corrected chi connectivity index (χ4v) is 2.51. The number of benzene rings is 1. The van der Waals surface area contributed by atoms with Gasteiger partial charge in [-0.15, -0.1) is 0 Å². The summed E-state index contributed by atoms with van der Waals surface area (Å²) >= 11 is 0. The number of hydrogen-bond donors (Lipinski definition) is 2. The molecule has 0 saturated carbocycles. The van der Waals surface area contributed by atoms with E-state index in [0.29, 0.717) is 30.1 Å². The number of hydrogen-bond acceptors (Lipinski definition) is 6. The number of anilines is 1. The molecular formula is C18H17N5O. The molecule has 2 aromatic rings. The van der Waals surface area contributed by atoms with Crippen molar-refractivity contribution in [3.63, 3.8) is 0 Å². The average molecular weight is 319 g/mol. The van der Waals surface area contributed by atoms with Crippen LogP contribution in [0, 0.1) is 22.7 Å². The fraction of sp³-hybridized carbons (Fsp3) is 0.278. The summed E-state index contributed by atoms with van der Waals surface area (Å²) in [6.07, 6.45) is 2.41. The minimum Gasteiger partial charge on any atom is -0.470 e. The maximum absolute atomic E-state index is 8.87. The minimum atomic E-state index is -0.00102. The number of aromatic nitrogens is 1. The van der Waals surface area contributed by atoms with Crippen molar-refractivity contribution in [2.75, 3.05) is 25.0 Å². The number of nitrogens with one attached hydrogen (secondary N) is 2. The Morgan fingerprint density at radius 1 is 1.21 bits per heavy atom. The molecule has 0 radical (unpaired) electrons. The molecule has 0 amide bonds. The minimum absolute atomic E-state index is 0.00102. The van der Waals surface area contributed by atoms with Gasteiger partial charge in [0.25, 0.3) is 0 Å². The monoisotopic (exact) mass is 319 g/mol. The largest absolute Gasteiger partial charge is 0.470 e. The van der Waals surface area contributed by atoms with Crippen LogP contribution in [0.15, 0.2) is 36.5 Å². The van der Waals surface area contributed by atoms with E-state index in [1.807, 2.05) is 24.3 Å². The van der Waals surface area contributed by atoms with Gasteiger partial charge in [0.05, 0.1) is 29.4 Å². The highest BCUT2D eigenvalue weighted by Crippen LogP contribution is 2.26. The van der Waals surface area contributed by atoms with Gasteiger partial charge in [0.1, 0.15) is 12.2 Å². The molecule has 3 rings (SSSR count). The van der Waals surface area contributed by atoms with Crippen LogP contribution in [-0.4, -0.2) is 30.7 Å². The van der Waals surface area contributed by atoms with Gasteiger partial charge in [-0.25, -0.2) is 4.98 Å². The molecule has 6 heteroatoms. The predicted molar refractivity (Wildman–Crippen MR) is 89.6 cm³/mol. The van der Waals surface area contributed by atoms with Gasteiger partial charge in [-0.05, 0) is 36.7 Å². The topological polar surface area (TPSA) is 93.8 Å². The van der Waals surface area contributed by atoms with E-state index in [1.165, 1.54) is 11.8 Å². The van der Waals surface area contributed by atoms with Crippen molar-refractivity contribution in [2.24, 2.45) is 0 Å². The molecule has 0 bridgehead atoms. The number of fused-ring (bicyclic) bond motifs is 1. The number of pyridine rings is 1. The van der Waals surface area contributed by atoms with Crippen LogP contribution in [0.25, 0.3) is 0 Å². The van der Waals surface area contributed by atoms with Gasteiger partial charge in [0.2, 0.25) is 5.88 Å². The van der Waals surface area contributed by atoms with Crippen LogP contribution < -0.4 is 15.4 Å². The average Bonchev–Trinajstić information content (AvgIpc) is 2.65. The summed E-state index contributed by atoms with van der Waals surface area (Å²) in [6, 6.07) is 13.6. The van der Waals surface area contributed by atoms with E-state index in [1.54, 1.807) is 6.07 Å². The Balaban J connectivity index is 1.44. The third-order valence-electron chi connectivity index (χ3n) is 3.82. The standard InChI is InChI=1S/C18H17N5O/c19-8-14-3-1-13(2-4-14)5-6-21-11-16-12-22-17-7-15(9-20)10-23-18(17)24-16/h1-4,7,10,16,21-22H,5-6,11-12H2. The van der Waals surface area contributed by atoms with Crippen LogP contribution in [-0.2, 0) is 6.42 Å². The van der Waals surface area contributed by atoms with Gasteiger partial charge in [-0.2, -0.15) is 10.5 Å². The molecule has 1 aromatic heterocycles. The van der Waals surface area contributed by atoms with Gasteiger partial charge in [0.15, 0.2) is 0 Å². The Morgan fingerprint density at radius 3 is 2.75 bits per heavy atom. The van der Waals surface area contributed by atoms with E-state index in [0.717, 1.165) is 18.7 Å². The van der Waals surface area contributed by atoms with E-state index in [9.17, 15) is 0 Å². The number of ether oxygens (including phenoxy) is 1. The number of nitriles is 2. The Hall–Kier alpha value is -3.09. The fourth-order valence-electron chi connectivity index (χ4n) is 2.51. The molecule has 6 nitrogen and oxygen atoms in total. The van der Waals surface area contributed by atoms with Crippen LogP contribution in [0.3, 0.4) is 0 Å². The molecule has 0 aliphatic carbocycles. The summed E-state index contributed by atoms with van der Waals surface area (Å²) in [5.74, 6) is 0.541. The van der Waals surface area contributed by atoms with Crippen LogP contribution >= 0.6 is 0 Å². The van der Waals surface area contributed by atoms with Gasteiger partial charge in [-0.3, -0.25) is 0 Å². The normalized spacial score (nSPS) is 15.3. The summed E-state index contributed by atoms with van der Waals surface area (Å²) in [5, 5.41) is 24.3. The molecule has 2 N–H and O–H groups in total. The Bertz CT molecular complexity index is 789. The van der Waals surface area contributed by atoms with Gasteiger partial charge < -0.3 is 15.4 Å². The van der Waals surface area contributed by atoms with E-state index in [2.05, 4.69) is 27.8 Å². The first kappa shape index (κ1) is 15.8. The molecule has 2 heterocycles. The highest BCUT2D eigenvalue weighted by molar-refractivity contribution is 5.57. The van der Waals surface area contributed by atoms with Crippen molar-refractivity contribution >= 4 is 5.69 Å². The summed E-state index contributed by atoms with van der Waals surface area (Å²) in [4.78, 5) is 4.17. The lowest BCUT2D eigenvalue weighted by molar-refractivity contribution is 0.194. The lowest BCUT2D eigenvalue weighted by Crippen LogP contribution is -2.40. The highest BCUT2D eigenvalue weighted by Gasteiger charge is 2.20. The Labute approximate surface area is 140 Å². The molecular weight excluding hydrogens is 302 g/mol. The first-order valence-electron chi connectivity index (χ1n) is 7.79. The third kappa shape index (κ3) is 3.81. The summed E-state index contributed by atoms with van der Waals surface area (Å²) in [6.45, 7) is 2.22. The van der Waals surface area contributed by atoms with E-state index < -0.39 is 0 Å². The maximum atomic E-state index is 8.87. The summed E-state index contributed by atoms with van der Waals surface area (Å²) < 4.78 is 5.83. The Kier molecular flexibility index (Phi) is 4.90. The van der Waals surface area contributed by atoms with E-state index >= 15 is 0 Å². The van der Waals surface area contributed by atoms with Gasteiger partial charge in [0, 0.05) is 12.7 Å². The summed E-state index contributed by atoms with van der Waals surface area (Å²) in [7, 11) is 0. The van der Waals surface area contributed by atoms with E-state index in [4.69, 9.17) is 15.3 Å². The molecule has 1 aromatic carbocycles. The second-order valence-electron chi connectivity index (χ2n) is 5.57.